The first kappa shape index (κ1) is 21.7. The number of benzene rings is 4. The second-order valence-corrected chi connectivity index (χ2v) is 8.82. The third-order valence-electron chi connectivity index (χ3n) is 6.34. The van der Waals surface area contributed by atoms with Gasteiger partial charge in [-0.1, -0.05) is 36.4 Å². The summed E-state index contributed by atoms with van der Waals surface area (Å²) >= 11 is 0. The van der Waals surface area contributed by atoms with Gasteiger partial charge in [0.25, 0.3) is 0 Å². The summed E-state index contributed by atoms with van der Waals surface area (Å²) in [4.78, 5) is 26.2. The highest BCUT2D eigenvalue weighted by atomic mass is 16.5. The zero-order valence-corrected chi connectivity index (χ0v) is 19.7. The van der Waals surface area contributed by atoms with E-state index in [1.165, 1.54) is 0 Å². The molecule has 6 nitrogen and oxygen atoms in total. The molecule has 0 bridgehead atoms. The Morgan fingerprint density at radius 3 is 1.39 bits per heavy atom. The number of ether oxygens (including phenoxy) is 2. The number of aryl methyl sites for hydroxylation is 2. The van der Waals surface area contributed by atoms with Gasteiger partial charge in [-0.2, -0.15) is 0 Å². The third-order valence-corrected chi connectivity index (χ3v) is 6.34. The van der Waals surface area contributed by atoms with Crippen LogP contribution in [0.1, 0.15) is 31.8 Å². The van der Waals surface area contributed by atoms with Crippen LogP contribution >= 0.6 is 0 Å². The number of allylic oxidation sites excluding steroid dienone is 2. The van der Waals surface area contributed by atoms with Gasteiger partial charge >= 0.3 is 0 Å². The zero-order chi connectivity index (χ0) is 24.8. The molecule has 2 aliphatic rings. The standard InChI is InChI=1S/C30H22N2O4/c1-17-7-3-5-9-23(17)31-19-11-13-21-25(15-19)35-29(27(21)33)30-28(34)22-14-12-20(16-26(22)36-30)32-24-10-6-4-8-18(24)2/h3-16,31-32H,1-2H3/b30-29+. The molecule has 176 valence electrons. The third kappa shape index (κ3) is 3.69. The fourth-order valence-corrected chi connectivity index (χ4v) is 4.34. The molecular formula is C30H22N2O4. The first-order chi connectivity index (χ1) is 17.5. The fourth-order valence-electron chi connectivity index (χ4n) is 4.34. The van der Waals surface area contributed by atoms with E-state index in [1.807, 2.05) is 74.5 Å². The second kappa shape index (κ2) is 8.43. The van der Waals surface area contributed by atoms with Gasteiger partial charge < -0.3 is 20.1 Å². The van der Waals surface area contributed by atoms with E-state index < -0.39 is 0 Å². The van der Waals surface area contributed by atoms with Crippen molar-refractivity contribution in [3.8, 4) is 11.5 Å². The summed E-state index contributed by atoms with van der Waals surface area (Å²) in [5, 5.41) is 6.68. The van der Waals surface area contributed by atoms with Crippen LogP contribution in [-0.4, -0.2) is 11.6 Å². The van der Waals surface area contributed by atoms with Gasteiger partial charge in [0.15, 0.2) is 0 Å². The molecule has 6 heteroatoms. The number of fused-ring (bicyclic) bond motifs is 2. The molecule has 0 fully saturated rings. The van der Waals surface area contributed by atoms with Gasteiger partial charge in [-0.05, 0) is 61.4 Å². The van der Waals surface area contributed by atoms with Crippen molar-refractivity contribution in [1.82, 2.24) is 0 Å². The van der Waals surface area contributed by atoms with Crippen LogP contribution in [0.4, 0.5) is 22.7 Å². The second-order valence-electron chi connectivity index (χ2n) is 8.82. The van der Waals surface area contributed by atoms with Crippen molar-refractivity contribution in [2.24, 2.45) is 0 Å². The Labute approximate surface area is 208 Å². The fraction of sp³-hybridized carbons (Fsp3) is 0.0667. The van der Waals surface area contributed by atoms with Gasteiger partial charge in [-0.25, -0.2) is 0 Å². The molecule has 6 rings (SSSR count). The molecule has 2 N–H and O–H groups in total. The van der Waals surface area contributed by atoms with Gasteiger partial charge in [-0.3, -0.25) is 9.59 Å². The maximum Gasteiger partial charge on any atom is 0.236 e. The number of para-hydroxylation sites is 2. The first-order valence-electron chi connectivity index (χ1n) is 11.6. The minimum Gasteiger partial charge on any atom is -0.448 e. The van der Waals surface area contributed by atoms with E-state index in [-0.39, 0.29) is 23.1 Å². The highest BCUT2D eigenvalue weighted by Crippen LogP contribution is 2.40. The van der Waals surface area contributed by atoms with Crippen LogP contribution in [0.25, 0.3) is 0 Å². The smallest absolute Gasteiger partial charge is 0.236 e. The Morgan fingerprint density at radius 2 is 0.972 bits per heavy atom. The van der Waals surface area contributed by atoms with Crippen molar-refractivity contribution in [3.63, 3.8) is 0 Å². The van der Waals surface area contributed by atoms with Crippen LogP contribution in [0.2, 0.25) is 0 Å². The van der Waals surface area contributed by atoms with Crippen LogP contribution in [0.15, 0.2) is 96.4 Å². The number of rotatable bonds is 4. The van der Waals surface area contributed by atoms with E-state index in [0.717, 1.165) is 33.9 Å². The maximum atomic E-state index is 13.1. The minimum atomic E-state index is -0.373. The molecule has 0 saturated carbocycles. The number of nitrogens with one attached hydrogen (secondary N) is 2. The molecule has 0 aromatic heterocycles. The molecule has 0 aliphatic carbocycles. The summed E-state index contributed by atoms with van der Waals surface area (Å²) in [5.41, 5.74) is 6.44. The number of hydrogen-bond acceptors (Lipinski definition) is 6. The van der Waals surface area contributed by atoms with Crippen molar-refractivity contribution < 1.29 is 19.1 Å². The number of anilines is 4. The van der Waals surface area contributed by atoms with Crippen LogP contribution in [0, 0.1) is 13.8 Å². The lowest BCUT2D eigenvalue weighted by atomic mass is 10.1. The zero-order valence-electron chi connectivity index (χ0n) is 19.7. The predicted molar refractivity (Wildman–Crippen MR) is 139 cm³/mol. The van der Waals surface area contributed by atoms with E-state index in [9.17, 15) is 9.59 Å². The molecule has 0 amide bonds. The lowest BCUT2D eigenvalue weighted by Crippen LogP contribution is -2.10. The number of carbonyl (C=O) groups is 2. The summed E-state index contributed by atoms with van der Waals surface area (Å²) in [6, 6.07) is 26.4. The van der Waals surface area contributed by atoms with E-state index in [4.69, 9.17) is 9.47 Å². The summed E-state index contributed by atoms with van der Waals surface area (Å²) in [7, 11) is 0. The van der Waals surface area contributed by atoms with E-state index in [0.29, 0.717) is 22.6 Å². The van der Waals surface area contributed by atoms with Gasteiger partial charge in [0, 0.05) is 34.9 Å². The van der Waals surface area contributed by atoms with E-state index in [1.54, 1.807) is 24.3 Å². The highest BCUT2D eigenvalue weighted by molar-refractivity contribution is 6.21. The monoisotopic (exact) mass is 474 g/mol. The minimum absolute atomic E-state index is 0.0901. The molecule has 4 aromatic carbocycles. The van der Waals surface area contributed by atoms with Crippen LogP contribution in [-0.2, 0) is 0 Å². The van der Waals surface area contributed by atoms with Gasteiger partial charge in [0.05, 0.1) is 11.1 Å². The highest BCUT2D eigenvalue weighted by Gasteiger charge is 2.39. The molecule has 4 aromatic rings. The number of hydrogen-bond donors (Lipinski definition) is 2. The van der Waals surface area contributed by atoms with Crippen molar-refractivity contribution in [3.05, 3.63) is 119 Å². The van der Waals surface area contributed by atoms with E-state index in [2.05, 4.69) is 10.6 Å². The average Bonchev–Trinajstić information content (AvgIpc) is 3.37. The predicted octanol–water partition coefficient (Wildman–Crippen LogP) is 6.85. The van der Waals surface area contributed by atoms with E-state index >= 15 is 0 Å². The molecule has 2 heterocycles. The molecule has 0 atom stereocenters. The average molecular weight is 475 g/mol. The molecular weight excluding hydrogens is 452 g/mol. The molecule has 0 radical (unpaired) electrons. The van der Waals surface area contributed by atoms with Gasteiger partial charge in [0.1, 0.15) is 11.5 Å². The topological polar surface area (TPSA) is 76.7 Å². The normalized spacial score (nSPS) is 15.7. The molecule has 0 spiro atoms. The van der Waals surface area contributed by atoms with Crippen molar-refractivity contribution >= 4 is 34.3 Å². The summed E-state index contributed by atoms with van der Waals surface area (Å²) in [6.07, 6.45) is 0. The Balaban J connectivity index is 1.27. The number of Topliss-reactive ketones (excluding diaryl/α,β-unsaturated/α-hetero) is 2. The van der Waals surface area contributed by atoms with Crippen LogP contribution in [0.5, 0.6) is 11.5 Å². The maximum absolute atomic E-state index is 13.1. The summed E-state index contributed by atoms with van der Waals surface area (Å²) < 4.78 is 11.8. The molecule has 0 unspecified atom stereocenters. The quantitative estimate of drug-likeness (QED) is 0.315. The van der Waals surface area contributed by atoms with Gasteiger partial charge in [0.2, 0.25) is 23.1 Å². The van der Waals surface area contributed by atoms with Crippen molar-refractivity contribution in [2.75, 3.05) is 10.6 Å². The number of carbonyl (C=O) groups excluding carboxylic acids is 2. The lowest BCUT2D eigenvalue weighted by Gasteiger charge is -2.10. The van der Waals surface area contributed by atoms with Crippen molar-refractivity contribution in [2.45, 2.75) is 13.8 Å². The Kier molecular flexibility index (Phi) is 5.08. The lowest BCUT2D eigenvalue weighted by molar-refractivity contribution is 0.0960. The summed E-state index contributed by atoms with van der Waals surface area (Å²) in [6.45, 7) is 4.03. The van der Waals surface area contributed by atoms with Gasteiger partial charge in [-0.15, -0.1) is 0 Å². The van der Waals surface area contributed by atoms with Crippen LogP contribution < -0.4 is 20.1 Å². The molecule has 2 aliphatic heterocycles. The largest absolute Gasteiger partial charge is 0.448 e. The van der Waals surface area contributed by atoms with Crippen LogP contribution in [0.3, 0.4) is 0 Å². The van der Waals surface area contributed by atoms with Crippen molar-refractivity contribution in [1.29, 1.82) is 0 Å². The SMILES string of the molecule is Cc1ccccc1Nc1ccc2c(c1)O/C(=C1/Oc3cc(Nc4ccccc4C)ccc3C1=O)C2=O. The Bertz CT molecular complexity index is 1480. The summed E-state index contributed by atoms with van der Waals surface area (Å²) in [5.74, 6) is -0.158. The molecule has 36 heavy (non-hydrogen) atoms. The number of ketones is 2. The Hall–Kier alpha value is -4.84. The first-order valence-corrected chi connectivity index (χ1v) is 11.6. The Morgan fingerprint density at radius 1 is 0.556 bits per heavy atom. The molecule has 0 saturated heterocycles.